The Balaban J connectivity index is 2.22. The van der Waals surface area contributed by atoms with Crippen LogP contribution in [0.4, 0.5) is 10.1 Å². The van der Waals surface area contributed by atoms with Gasteiger partial charge in [0.05, 0.1) is 23.3 Å². The first kappa shape index (κ1) is 19.8. The van der Waals surface area contributed by atoms with Crippen molar-refractivity contribution in [2.75, 3.05) is 12.0 Å². The van der Waals surface area contributed by atoms with Gasteiger partial charge in [0.2, 0.25) is 0 Å². The third kappa shape index (κ3) is 3.45. The minimum absolute atomic E-state index is 0.0375. The first-order valence-corrected chi connectivity index (χ1v) is 9.00. The number of hydrogen-bond donors (Lipinski definition) is 0. The van der Waals surface area contributed by atoms with Crippen LogP contribution in [0.5, 0.6) is 0 Å². The van der Waals surface area contributed by atoms with Gasteiger partial charge in [-0.2, -0.15) is 0 Å². The van der Waals surface area contributed by atoms with Crippen LogP contribution < -0.4 is 4.90 Å². The van der Waals surface area contributed by atoms with Gasteiger partial charge in [-0.1, -0.05) is 23.7 Å². The Kier molecular flexibility index (Phi) is 5.38. The Bertz CT molecular complexity index is 1020. The summed E-state index contributed by atoms with van der Waals surface area (Å²) < 4.78 is 19.1. The van der Waals surface area contributed by atoms with Crippen molar-refractivity contribution in [1.82, 2.24) is 0 Å². The molecular weight excluding hydrogens is 381 g/mol. The fourth-order valence-electron chi connectivity index (χ4n) is 3.36. The van der Waals surface area contributed by atoms with Gasteiger partial charge in [0.25, 0.3) is 5.91 Å². The lowest BCUT2D eigenvalue weighted by Gasteiger charge is -2.19. The molecule has 1 aliphatic heterocycles. The van der Waals surface area contributed by atoms with Crippen LogP contribution in [0.3, 0.4) is 0 Å². The first-order valence-electron chi connectivity index (χ1n) is 8.62. The van der Waals surface area contributed by atoms with Gasteiger partial charge in [-0.25, -0.2) is 9.18 Å². The second kappa shape index (κ2) is 7.60. The summed E-state index contributed by atoms with van der Waals surface area (Å²) in [6.07, 6.45) is 1.30. The Hall–Kier alpha value is -2.92. The molecule has 4 nitrogen and oxygen atoms in total. The average molecular weight is 400 g/mol. The molecule has 1 aliphatic rings. The molecule has 144 valence electrons. The second-order valence-electron chi connectivity index (χ2n) is 6.63. The number of rotatable bonds is 3. The maximum Gasteiger partial charge on any atom is 0.340 e. The molecule has 0 N–H and O–H groups in total. The van der Waals surface area contributed by atoms with Crippen molar-refractivity contribution in [3.05, 3.63) is 80.8 Å². The van der Waals surface area contributed by atoms with Crippen molar-refractivity contribution in [3.63, 3.8) is 0 Å². The van der Waals surface area contributed by atoms with E-state index >= 15 is 0 Å². The summed E-state index contributed by atoms with van der Waals surface area (Å²) in [6, 6.07) is 9.92. The molecule has 0 bridgehead atoms. The van der Waals surface area contributed by atoms with E-state index in [0.717, 1.165) is 11.1 Å². The third-order valence-electron chi connectivity index (χ3n) is 4.54. The number of carbonyl (C=O) groups is 2. The number of hydrogen-bond acceptors (Lipinski definition) is 3. The molecular formula is C22H19ClFNO3. The van der Waals surface area contributed by atoms with E-state index in [-0.39, 0.29) is 21.7 Å². The van der Waals surface area contributed by atoms with E-state index in [0.29, 0.717) is 11.4 Å². The van der Waals surface area contributed by atoms with Crippen LogP contribution in [0.15, 0.2) is 53.2 Å². The third-order valence-corrected chi connectivity index (χ3v) is 4.87. The molecule has 0 atom stereocenters. The van der Waals surface area contributed by atoms with Crippen LogP contribution in [0, 0.1) is 19.7 Å². The van der Waals surface area contributed by atoms with E-state index in [1.54, 1.807) is 6.92 Å². The van der Waals surface area contributed by atoms with Crippen molar-refractivity contribution >= 4 is 35.2 Å². The minimum atomic E-state index is -0.670. The number of allylic oxidation sites excluding steroid dienone is 1. The van der Waals surface area contributed by atoms with E-state index in [2.05, 4.69) is 0 Å². The number of halogens is 2. The lowest BCUT2D eigenvalue weighted by atomic mass is 10.0. The van der Waals surface area contributed by atoms with Crippen LogP contribution >= 0.6 is 11.6 Å². The second-order valence-corrected chi connectivity index (χ2v) is 7.04. The van der Waals surface area contributed by atoms with Gasteiger partial charge in [-0.15, -0.1) is 0 Å². The van der Waals surface area contributed by atoms with Crippen LogP contribution in [0.1, 0.15) is 23.6 Å². The number of esters is 1. The molecule has 0 fully saturated rings. The average Bonchev–Trinajstić information content (AvgIpc) is 2.86. The topological polar surface area (TPSA) is 46.6 Å². The van der Waals surface area contributed by atoms with E-state index < -0.39 is 17.7 Å². The first-order chi connectivity index (χ1) is 13.2. The number of methoxy groups -OCH3 is 1. The highest BCUT2D eigenvalue weighted by Gasteiger charge is 2.38. The predicted octanol–water partition coefficient (Wildman–Crippen LogP) is 4.97. The number of carbonyl (C=O) groups excluding carboxylic acids is 2. The monoisotopic (exact) mass is 399 g/mol. The van der Waals surface area contributed by atoms with Crippen LogP contribution in [-0.2, 0) is 14.3 Å². The zero-order valence-corrected chi connectivity index (χ0v) is 16.7. The van der Waals surface area contributed by atoms with Crippen LogP contribution in [0.2, 0.25) is 5.02 Å². The number of benzene rings is 2. The fourth-order valence-corrected chi connectivity index (χ4v) is 3.58. The van der Waals surface area contributed by atoms with Crippen LogP contribution in [0.25, 0.3) is 6.08 Å². The van der Waals surface area contributed by atoms with Crippen molar-refractivity contribution in [2.45, 2.75) is 20.8 Å². The highest BCUT2D eigenvalue weighted by molar-refractivity contribution is 6.32. The SMILES string of the molecule is COC(=O)C1=C(C)N(c2cc(C)cc(C)c2)C(=O)/C1=C\c1c(F)cccc1Cl. The summed E-state index contributed by atoms with van der Waals surface area (Å²) in [6.45, 7) is 5.51. The quantitative estimate of drug-likeness (QED) is 0.540. The zero-order chi connectivity index (χ0) is 20.6. The number of amides is 1. The van der Waals surface area contributed by atoms with E-state index in [9.17, 15) is 14.0 Å². The largest absolute Gasteiger partial charge is 0.465 e. The molecule has 0 radical (unpaired) electrons. The lowest BCUT2D eigenvalue weighted by molar-refractivity contribution is -0.136. The van der Waals surface area contributed by atoms with Crippen molar-refractivity contribution in [1.29, 1.82) is 0 Å². The number of aryl methyl sites for hydroxylation is 2. The van der Waals surface area contributed by atoms with E-state index in [1.807, 2.05) is 32.0 Å². The summed E-state index contributed by atoms with van der Waals surface area (Å²) in [5, 5.41) is 0.145. The van der Waals surface area contributed by atoms with E-state index in [4.69, 9.17) is 16.3 Å². The minimum Gasteiger partial charge on any atom is -0.465 e. The molecule has 28 heavy (non-hydrogen) atoms. The maximum absolute atomic E-state index is 14.3. The number of ether oxygens (including phenoxy) is 1. The Labute approximate surface area is 167 Å². The molecule has 2 aromatic carbocycles. The summed E-state index contributed by atoms with van der Waals surface area (Å²) in [7, 11) is 1.24. The standard InChI is InChI=1S/C22H19ClFNO3/c1-12-8-13(2)10-15(9-12)25-14(3)20(22(27)28-4)17(21(25)26)11-16-18(23)6-5-7-19(16)24/h5-11H,1-4H3/b17-11-. The summed E-state index contributed by atoms with van der Waals surface area (Å²) in [5.41, 5.74) is 3.17. The van der Waals surface area contributed by atoms with Gasteiger partial charge >= 0.3 is 5.97 Å². The normalized spacial score (nSPS) is 15.6. The molecule has 3 rings (SSSR count). The lowest BCUT2D eigenvalue weighted by Crippen LogP contribution is -2.24. The molecule has 0 spiro atoms. The molecule has 0 aromatic heterocycles. The highest BCUT2D eigenvalue weighted by Crippen LogP contribution is 2.37. The van der Waals surface area contributed by atoms with Gasteiger partial charge in [0, 0.05) is 16.9 Å². The summed E-state index contributed by atoms with van der Waals surface area (Å²) in [5.74, 6) is -1.70. The van der Waals surface area contributed by atoms with Gasteiger partial charge < -0.3 is 4.74 Å². The van der Waals surface area contributed by atoms with Crippen LogP contribution in [-0.4, -0.2) is 19.0 Å². The Morgan fingerprint density at radius 2 is 1.79 bits per heavy atom. The molecule has 0 saturated heterocycles. The van der Waals surface area contributed by atoms with Gasteiger partial charge in [-0.3, -0.25) is 9.69 Å². The molecule has 0 aliphatic carbocycles. The van der Waals surface area contributed by atoms with Crippen molar-refractivity contribution in [3.8, 4) is 0 Å². The van der Waals surface area contributed by atoms with Gasteiger partial charge in [-0.05, 0) is 62.2 Å². The smallest absolute Gasteiger partial charge is 0.340 e. The van der Waals surface area contributed by atoms with Crippen molar-refractivity contribution in [2.24, 2.45) is 0 Å². The van der Waals surface area contributed by atoms with E-state index in [1.165, 1.54) is 36.3 Å². The van der Waals surface area contributed by atoms with Gasteiger partial charge in [0.15, 0.2) is 0 Å². The molecule has 6 heteroatoms. The molecule has 2 aromatic rings. The van der Waals surface area contributed by atoms with Gasteiger partial charge in [0.1, 0.15) is 5.82 Å². The number of anilines is 1. The Morgan fingerprint density at radius 3 is 2.36 bits per heavy atom. The summed E-state index contributed by atoms with van der Waals surface area (Å²) >= 11 is 6.11. The van der Waals surface area contributed by atoms with Crippen molar-refractivity contribution < 1.29 is 18.7 Å². The maximum atomic E-state index is 14.3. The fraction of sp³-hybridized carbons (Fsp3) is 0.182. The highest BCUT2D eigenvalue weighted by atomic mass is 35.5. The molecule has 0 unspecified atom stereocenters. The zero-order valence-electron chi connectivity index (χ0n) is 16.0. The molecule has 1 heterocycles. The molecule has 0 saturated carbocycles. The predicted molar refractivity (Wildman–Crippen MR) is 108 cm³/mol. The molecule has 1 amide bonds. The number of nitrogens with zero attached hydrogens (tertiary/aromatic N) is 1. The Morgan fingerprint density at radius 1 is 1.14 bits per heavy atom. The summed E-state index contributed by atoms with van der Waals surface area (Å²) in [4.78, 5) is 27.1.